The van der Waals surface area contributed by atoms with Crippen LogP contribution in [0.3, 0.4) is 0 Å². The minimum Gasteiger partial charge on any atom is -0.393 e. The normalized spacial score (nSPS) is 16.7. The van der Waals surface area contributed by atoms with E-state index in [9.17, 15) is 22.7 Å². The van der Waals surface area contributed by atoms with Gasteiger partial charge in [-0.15, -0.1) is 0 Å². The SMILES string of the molecule is O=C([C@H](Cc1ccccc1)NS(=O)(=O)c1ccccc1F)N1CCC(O)CC1. The third-order valence-electron chi connectivity index (χ3n) is 4.78. The highest BCUT2D eigenvalue weighted by molar-refractivity contribution is 7.89. The zero-order valence-corrected chi connectivity index (χ0v) is 16.1. The third kappa shape index (κ3) is 4.95. The highest BCUT2D eigenvalue weighted by atomic mass is 32.2. The number of nitrogens with zero attached hydrogens (tertiary/aromatic N) is 1. The van der Waals surface area contributed by atoms with E-state index in [1.165, 1.54) is 18.2 Å². The minimum atomic E-state index is -4.23. The summed E-state index contributed by atoms with van der Waals surface area (Å²) in [7, 11) is -4.23. The fourth-order valence-corrected chi connectivity index (χ4v) is 4.52. The summed E-state index contributed by atoms with van der Waals surface area (Å²) in [5.74, 6) is -1.25. The Labute approximate surface area is 164 Å². The van der Waals surface area contributed by atoms with Crippen LogP contribution in [0.5, 0.6) is 0 Å². The summed E-state index contributed by atoms with van der Waals surface area (Å²) in [6.07, 6.45) is 0.590. The molecule has 150 valence electrons. The van der Waals surface area contributed by atoms with E-state index in [-0.39, 0.29) is 12.3 Å². The topological polar surface area (TPSA) is 86.7 Å². The summed E-state index contributed by atoms with van der Waals surface area (Å²) in [5, 5.41) is 9.66. The molecule has 8 heteroatoms. The lowest BCUT2D eigenvalue weighted by molar-refractivity contribution is -0.135. The Kier molecular flexibility index (Phi) is 6.43. The average Bonchev–Trinajstić information content (AvgIpc) is 2.68. The van der Waals surface area contributed by atoms with Crippen LogP contribution in [0.25, 0.3) is 0 Å². The molecule has 0 saturated carbocycles. The standard InChI is InChI=1S/C20H23FN2O4S/c21-17-8-4-5-9-19(17)28(26,27)22-18(14-15-6-2-1-3-7-15)20(25)23-12-10-16(24)11-13-23/h1-9,16,18,22,24H,10-14H2/t18-/m0/s1. The second-order valence-electron chi connectivity index (χ2n) is 6.85. The molecule has 1 fully saturated rings. The number of piperidine rings is 1. The number of aliphatic hydroxyl groups is 1. The number of likely N-dealkylation sites (tertiary alicyclic amines) is 1. The summed E-state index contributed by atoms with van der Waals surface area (Å²) in [6.45, 7) is 0.708. The second kappa shape index (κ2) is 8.81. The van der Waals surface area contributed by atoms with E-state index in [1.54, 1.807) is 29.2 Å². The first-order valence-corrected chi connectivity index (χ1v) is 10.6. The number of amides is 1. The molecule has 0 aliphatic carbocycles. The molecule has 0 unspecified atom stereocenters. The predicted octanol–water partition coefficient (Wildman–Crippen LogP) is 1.70. The lowest BCUT2D eigenvalue weighted by atomic mass is 10.0. The number of benzene rings is 2. The van der Waals surface area contributed by atoms with E-state index < -0.39 is 32.9 Å². The van der Waals surface area contributed by atoms with Crippen molar-refractivity contribution in [2.45, 2.75) is 36.3 Å². The highest BCUT2D eigenvalue weighted by Gasteiger charge is 2.32. The van der Waals surface area contributed by atoms with Crippen molar-refractivity contribution in [2.24, 2.45) is 0 Å². The van der Waals surface area contributed by atoms with Gasteiger partial charge in [0.05, 0.1) is 6.10 Å². The van der Waals surface area contributed by atoms with Crippen LogP contribution in [0.4, 0.5) is 4.39 Å². The van der Waals surface area contributed by atoms with Crippen LogP contribution >= 0.6 is 0 Å². The molecular formula is C20H23FN2O4S. The molecule has 2 aromatic rings. The first-order valence-electron chi connectivity index (χ1n) is 9.14. The summed E-state index contributed by atoms with van der Waals surface area (Å²) in [4.78, 5) is 14.1. The Morgan fingerprint density at radius 2 is 1.71 bits per heavy atom. The summed E-state index contributed by atoms with van der Waals surface area (Å²) in [5.41, 5.74) is 0.786. The molecular weight excluding hydrogens is 383 g/mol. The number of rotatable bonds is 6. The van der Waals surface area contributed by atoms with Crippen molar-refractivity contribution in [1.29, 1.82) is 0 Å². The van der Waals surface area contributed by atoms with Gasteiger partial charge in [0.2, 0.25) is 15.9 Å². The lowest BCUT2D eigenvalue weighted by Crippen LogP contribution is -2.52. The zero-order chi connectivity index (χ0) is 20.1. The lowest BCUT2D eigenvalue weighted by Gasteiger charge is -2.32. The number of carbonyl (C=O) groups excluding carboxylic acids is 1. The fraction of sp³-hybridized carbons (Fsp3) is 0.350. The quantitative estimate of drug-likeness (QED) is 0.765. The van der Waals surface area contributed by atoms with Crippen LogP contribution in [0, 0.1) is 5.82 Å². The molecule has 0 bridgehead atoms. The van der Waals surface area contributed by atoms with Gasteiger partial charge in [0.25, 0.3) is 0 Å². The average molecular weight is 406 g/mol. The maximum absolute atomic E-state index is 14.0. The number of hydrogen-bond donors (Lipinski definition) is 2. The van der Waals surface area contributed by atoms with Crippen LogP contribution < -0.4 is 4.72 Å². The van der Waals surface area contributed by atoms with Crippen LogP contribution in [-0.4, -0.2) is 49.6 Å². The summed E-state index contributed by atoms with van der Waals surface area (Å²) < 4.78 is 41.9. The largest absolute Gasteiger partial charge is 0.393 e. The van der Waals surface area contributed by atoms with E-state index in [2.05, 4.69) is 4.72 Å². The van der Waals surface area contributed by atoms with Crippen molar-refractivity contribution in [3.63, 3.8) is 0 Å². The Bertz CT molecular complexity index is 913. The van der Waals surface area contributed by atoms with Crippen molar-refractivity contribution in [1.82, 2.24) is 9.62 Å². The number of nitrogens with one attached hydrogen (secondary N) is 1. The molecule has 3 rings (SSSR count). The molecule has 2 N–H and O–H groups in total. The van der Waals surface area contributed by atoms with Crippen molar-refractivity contribution >= 4 is 15.9 Å². The minimum absolute atomic E-state index is 0.145. The van der Waals surface area contributed by atoms with Gasteiger partial charge in [0, 0.05) is 13.1 Å². The van der Waals surface area contributed by atoms with Crippen LogP contribution in [0.1, 0.15) is 18.4 Å². The number of halogens is 1. The summed E-state index contributed by atoms with van der Waals surface area (Å²) in [6, 6.07) is 13.0. The molecule has 1 heterocycles. The van der Waals surface area contributed by atoms with Gasteiger partial charge in [-0.2, -0.15) is 4.72 Å². The number of carbonyl (C=O) groups is 1. The van der Waals surface area contributed by atoms with Gasteiger partial charge in [-0.1, -0.05) is 42.5 Å². The molecule has 1 aliphatic heterocycles. The first-order chi connectivity index (χ1) is 13.4. The van der Waals surface area contributed by atoms with Gasteiger partial charge in [-0.05, 0) is 37.0 Å². The van der Waals surface area contributed by atoms with E-state index in [1.807, 2.05) is 6.07 Å². The van der Waals surface area contributed by atoms with Gasteiger partial charge >= 0.3 is 0 Å². The van der Waals surface area contributed by atoms with E-state index in [0.29, 0.717) is 25.9 Å². The molecule has 1 saturated heterocycles. The first kappa shape index (κ1) is 20.4. The maximum Gasteiger partial charge on any atom is 0.244 e. The van der Waals surface area contributed by atoms with Gasteiger partial charge in [-0.25, -0.2) is 12.8 Å². The molecule has 0 spiro atoms. The molecule has 1 aliphatic rings. The van der Waals surface area contributed by atoms with Gasteiger partial charge in [-0.3, -0.25) is 4.79 Å². The van der Waals surface area contributed by atoms with E-state index in [0.717, 1.165) is 11.6 Å². The molecule has 28 heavy (non-hydrogen) atoms. The molecule has 0 radical (unpaired) electrons. The zero-order valence-electron chi connectivity index (χ0n) is 15.3. The predicted molar refractivity (Wildman–Crippen MR) is 102 cm³/mol. The van der Waals surface area contributed by atoms with E-state index >= 15 is 0 Å². The Morgan fingerprint density at radius 1 is 1.11 bits per heavy atom. The molecule has 2 aromatic carbocycles. The van der Waals surface area contributed by atoms with Gasteiger partial charge < -0.3 is 10.0 Å². The summed E-state index contributed by atoms with van der Waals surface area (Å²) >= 11 is 0. The number of aliphatic hydroxyl groups excluding tert-OH is 1. The van der Waals surface area contributed by atoms with Gasteiger partial charge in [0.1, 0.15) is 16.8 Å². The van der Waals surface area contributed by atoms with Crippen molar-refractivity contribution < 1.29 is 22.7 Å². The van der Waals surface area contributed by atoms with Crippen LogP contribution in [0.15, 0.2) is 59.5 Å². The monoisotopic (exact) mass is 406 g/mol. The molecule has 1 amide bonds. The fourth-order valence-electron chi connectivity index (χ4n) is 3.25. The molecule has 6 nitrogen and oxygen atoms in total. The van der Waals surface area contributed by atoms with Crippen LogP contribution in [0.2, 0.25) is 0 Å². The van der Waals surface area contributed by atoms with Crippen LogP contribution in [-0.2, 0) is 21.2 Å². The Hall–Kier alpha value is -2.29. The molecule has 1 atom stereocenters. The highest BCUT2D eigenvalue weighted by Crippen LogP contribution is 2.17. The van der Waals surface area contributed by atoms with Crippen molar-refractivity contribution in [3.05, 3.63) is 66.0 Å². The number of sulfonamides is 1. The Balaban J connectivity index is 1.85. The second-order valence-corrected chi connectivity index (χ2v) is 8.53. The third-order valence-corrected chi connectivity index (χ3v) is 6.29. The maximum atomic E-state index is 14.0. The van der Waals surface area contributed by atoms with Crippen molar-refractivity contribution in [2.75, 3.05) is 13.1 Å². The number of hydrogen-bond acceptors (Lipinski definition) is 4. The molecule has 0 aromatic heterocycles. The smallest absolute Gasteiger partial charge is 0.244 e. The Morgan fingerprint density at radius 3 is 2.36 bits per heavy atom. The van der Waals surface area contributed by atoms with Crippen molar-refractivity contribution in [3.8, 4) is 0 Å². The van der Waals surface area contributed by atoms with E-state index in [4.69, 9.17) is 0 Å². The van der Waals surface area contributed by atoms with Gasteiger partial charge in [0.15, 0.2) is 0 Å².